The standard InChI is InChI=1S/C24H47NO4/c1-5-7-8-9-10-11-12-13-14-15-16-17-18-19-29-23(26)22(20-21(3)4)25-24(27)28-6-2/h21-22H,5-20H2,1-4H3,(H,25,27)/t22-/m0/s1. The predicted octanol–water partition coefficient (Wildman–Crippen LogP) is 6.78. The topological polar surface area (TPSA) is 64.6 Å². The van der Waals surface area contributed by atoms with E-state index >= 15 is 0 Å². The molecule has 0 spiro atoms. The molecule has 0 saturated carbocycles. The fourth-order valence-corrected chi connectivity index (χ4v) is 3.39. The maximum absolute atomic E-state index is 12.2. The lowest BCUT2D eigenvalue weighted by Crippen LogP contribution is -2.43. The van der Waals surface area contributed by atoms with Crippen molar-refractivity contribution in [2.24, 2.45) is 5.92 Å². The Morgan fingerprint density at radius 1 is 0.724 bits per heavy atom. The van der Waals surface area contributed by atoms with E-state index in [0.29, 0.717) is 13.0 Å². The molecule has 1 atom stereocenters. The van der Waals surface area contributed by atoms with Gasteiger partial charge < -0.3 is 14.8 Å². The summed E-state index contributed by atoms with van der Waals surface area (Å²) < 4.78 is 10.2. The molecule has 5 nitrogen and oxygen atoms in total. The number of unbranched alkanes of at least 4 members (excludes halogenated alkanes) is 12. The average Bonchev–Trinajstić information content (AvgIpc) is 2.67. The number of amides is 1. The normalized spacial score (nSPS) is 12.0. The number of esters is 1. The van der Waals surface area contributed by atoms with E-state index in [-0.39, 0.29) is 18.5 Å². The zero-order chi connectivity index (χ0) is 21.7. The smallest absolute Gasteiger partial charge is 0.407 e. The number of nitrogens with one attached hydrogen (secondary N) is 1. The Morgan fingerprint density at radius 3 is 1.66 bits per heavy atom. The number of rotatable bonds is 19. The Bertz CT molecular complexity index is 398. The van der Waals surface area contributed by atoms with E-state index < -0.39 is 12.1 Å². The molecule has 0 aliphatic heterocycles. The molecule has 0 radical (unpaired) electrons. The number of alkyl carbamates (subject to hydrolysis) is 1. The molecule has 0 aliphatic carbocycles. The van der Waals surface area contributed by atoms with Crippen LogP contribution in [0.15, 0.2) is 0 Å². The van der Waals surface area contributed by atoms with E-state index in [4.69, 9.17) is 9.47 Å². The Kier molecular flexibility index (Phi) is 19.2. The van der Waals surface area contributed by atoms with E-state index in [0.717, 1.165) is 12.8 Å². The summed E-state index contributed by atoms with van der Waals surface area (Å²) in [6.07, 6.45) is 16.8. The van der Waals surface area contributed by atoms with Gasteiger partial charge in [-0.3, -0.25) is 0 Å². The van der Waals surface area contributed by atoms with Crippen molar-refractivity contribution in [1.82, 2.24) is 5.32 Å². The number of carbonyl (C=O) groups excluding carboxylic acids is 2. The fraction of sp³-hybridized carbons (Fsp3) is 0.917. The molecule has 0 aromatic carbocycles. The molecule has 0 aliphatic rings. The van der Waals surface area contributed by atoms with E-state index in [2.05, 4.69) is 12.2 Å². The number of carbonyl (C=O) groups is 2. The zero-order valence-electron chi connectivity index (χ0n) is 19.6. The Balaban J connectivity index is 3.66. The van der Waals surface area contributed by atoms with E-state index in [1.165, 1.54) is 70.6 Å². The van der Waals surface area contributed by atoms with Crippen LogP contribution in [0, 0.1) is 5.92 Å². The summed E-state index contributed by atoms with van der Waals surface area (Å²) in [4.78, 5) is 23.8. The minimum Gasteiger partial charge on any atom is -0.464 e. The Morgan fingerprint density at radius 2 is 1.21 bits per heavy atom. The van der Waals surface area contributed by atoms with Gasteiger partial charge in [-0.25, -0.2) is 9.59 Å². The third-order valence-electron chi connectivity index (χ3n) is 5.05. The summed E-state index contributed by atoms with van der Waals surface area (Å²) >= 11 is 0. The van der Waals surface area contributed by atoms with E-state index in [9.17, 15) is 9.59 Å². The van der Waals surface area contributed by atoms with Gasteiger partial charge in [0, 0.05) is 0 Å². The van der Waals surface area contributed by atoms with Gasteiger partial charge in [0.05, 0.1) is 13.2 Å². The highest BCUT2D eigenvalue weighted by Crippen LogP contribution is 2.13. The maximum Gasteiger partial charge on any atom is 0.407 e. The third-order valence-corrected chi connectivity index (χ3v) is 5.05. The molecule has 0 heterocycles. The summed E-state index contributed by atoms with van der Waals surface area (Å²) in [5, 5.41) is 2.61. The molecule has 0 aromatic rings. The molecule has 0 unspecified atom stereocenters. The lowest BCUT2D eigenvalue weighted by atomic mass is 10.0. The van der Waals surface area contributed by atoms with Crippen molar-refractivity contribution in [2.75, 3.05) is 13.2 Å². The second-order valence-corrected chi connectivity index (χ2v) is 8.46. The summed E-state index contributed by atoms with van der Waals surface area (Å²) in [6.45, 7) is 8.74. The van der Waals surface area contributed by atoms with E-state index in [1.807, 2.05) is 13.8 Å². The van der Waals surface area contributed by atoms with Gasteiger partial charge in [0.25, 0.3) is 0 Å². The summed E-state index contributed by atoms with van der Waals surface area (Å²) in [7, 11) is 0. The average molecular weight is 414 g/mol. The van der Waals surface area contributed by atoms with Gasteiger partial charge in [0.15, 0.2) is 0 Å². The van der Waals surface area contributed by atoms with Crippen LogP contribution >= 0.6 is 0 Å². The van der Waals surface area contributed by atoms with Crippen molar-refractivity contribution in [3.8, 4) is 0 Å². The molecular formula is C24H47NO4. The molecule has 0 bridgehead atoms. The SMILES string of the molecule is CCCCCCCCCCCCCCCOC(=O)[C@H](CC(C)C)NC(=O)OCC. The first kappa shape index (κ1) is 27.7. The monoisotopic (exact) mass is 413 g/mol. The fourth-order valence-electron chi connectivity index (χ4n) is 3.39. The number of hydrogen-bond acceptors (Lipinski definition) is 4. The van der Waals surface area contributed by atoms with Gasteiger partial charge in [0.2, 0.25) is 0 Å². The summed E-state index contributed by atoms with van der Waals surface area (Å²) in [5.74, 6) is -0.0727. The first-order chi connectivity index (χ1) is 14.0. The molecule has 5 heteroatoms. The van der Waals surface area contributed by atoms with Crippen LogP contribution < -0.4 is 5.32 Å². The maximum atomic E-state index is 12.2. The van der Waals surface area contributed by atoms with Crippen LogP contribution in [0.4, 0.5) is 4.79 Å². The van der Waals surface area contributed by atoms with Gasteiger partial charge >= 0.3 is 12.1 Å². The lowest BCUT2D eigenvalue weighted by molar-refractivity contribution is -0.146. The minimum absolute atomic E-state index is 0.283. The molecular weight excluding hydrogens is 366 g/mol. The van der Waals surface area contributed by atoms with Crippen molar-refractivity contribution in [3.63, 3.8) is 0 Å². The second-order valence-electron chi connectivity index (χ2n) is 8.46. The van der Waals surface area contributed by atoms with Crippen LogP contribution in [-0.4, -0.2) is 31.3 Å². The quantitative estimate of drug-likeness (QED) is 0.187. The molecule has 1 amide bonds. The van der Waals surface area contributed by atoms with Gasteiger partial charge in [-0.15, -0.1) is 0 Å². The first-order valence-electron chi connectivity index (χ1n) is 12.1. The summed E-state index contributed by atoms with van der Waals surface area (Å²) in [5.41, 5.74) is 0. The van der Waals surface area contributed by atoms with Crippen LogP contribution in [-0.2, 0) is 14.3 Å². The Hall–Kier alpha value is -1.26. The van der Waals surface area contributed by atoms with Crippen LogP contribution in [0.3, 0.4) is 0 Å². The minimum atomic E-state index is -0.629. The van der Waals surface area contributed by atoms with Crippen LogP contribution in [0.2, 0.25) is 0 Å². The highest BCUT2D eigenvalue weighted by molar-refractivity contribution is 5.81. The summed E-state index contributed by atoms with van der Waals surface area (Å²) in [6, 6.07) is -0.629. The highest BCUT2D eigenvalue weighted by atomic mass is 16.6. The van der Waals surface area contributed by atoms with Crippen molar-refractivity contribution < 1.29 is 19.1 Å². The van der Waals surface area contributed by atoms with E-state index in [1.54, 1.807) is 6.92 Å². The largest absolute Gasteiger partial charge is 0.464 e. The highest BCUT2D eigenvalue weighted by Gasteiger charge is 2.23. The number of ether oxygens (including phenoxy) is 2. The van der Waals surface area contributed by atoms with Crippen molar-refractivity contribution in [3.05, 3.63) is 0 Å². The molecule has 29 heavy (non-hydrogen) atoms. The van der Waals surface area contributed by atoms with Gasteiger partial charge in [-0.05, 0) is 25.7 Å². The third kappa shape index (κ3) is 18.5. The van der Waals surface area contributed by atoms with Gasteiger partial charge in [-0.2, -0.15) is 0 Å². The zero-order valence-corrected chi connectivity index (χ0v) is 19.6. The van der Waals surface area contributed by atoms with Crippen LogP contribution in [0.25, 0.3) is 0 Å². The van der Waals surface area contributed by atoms with Crippen molar-refractivity contribution in [2.45, 2.75) is 124 Å². The first-order valence-corrected chi connectivity index (χ1v) is 12.1. The van der Waals surface area contributed by atoms with Crippen molar-refractivity contribution >= 4 is 12.1 Å². The van der Waals surface area contributed by atoms with Crippen LogP contribution in [0.1, 0.15) is 118 Å². The van der Waals surface area contributed by atoms with Gasteiger partial charge in [-0.1, -0.05) is 97.8 Å². The predicted molar refractivity (Wildman–Crippen MR) is 120 cm³/mol. The van der Waals surface area contributed by atoms with Gasteiger partial charge in [0.1, 0.15) is 6.04 Å². The molecule has 1 N–H and O–H groups in total. The lowest BCUT2D eigenvalue weighted by Gasteiger charge is -2.19. The van der Waals surface area contributed by atoms with Crippen LogP contribution in [0.5, 0.6) is 0 Å². The molecule has 0 aromatic heterocycles. The molecule has 0 saturated heterocycles. The molecule has 0 fully saturated rings. The second kappa shape index (κ2) is 20.0. The Labute approximate surface area is 179 Å². The number of hydrogen-bond donors (Lipinski definition) is 1. The molecule has 0 rings (SSSR count). The molecule has 172 valence electrons. The van der Waals surface area contributed by atoms with Crippen molar-refractivity contribution in [1.29, 1.82) is 0 Å².